The summed E-state index contributed by atoms with van der Waals surface area (Å²) in [5, 5.41) is 0. The van der Waals surface area contributed by atoms with E-state index in [0.717, 1.165) is 0 Å². The lowest BCUT2D eigenvalue weighted by Crippen LogP contribution is -2.20. The van der Waals surface area contributed by atoms with E-state index in [0.29, 0.717) is 0 Å². The molecule has 80 valence electrons. The number of rotatable bonds is 4. The van der Waals surface area contributed by atoms with Crippen molar-refractivity contribution < 1.29 is 19.1 Å². The molecule has 5 nitrogen and oxygen atoms in total. The minimum atomic E-state index is -0.602. The molecule has 0 fully saturated rings. The van der Waals surface area contributed by atoms with Crippen LogP contribution >= 0.6 is 0 Å². The Bertz CT molecular complexity index is 375. The van der Waals surface area contributed by atoms with Gasteiger partial charge in [0.2, 0.25) is 0 Å². The first-order chi connectivity index (χ1) is 7.15. The average Bonchev–Trinajstić information content (AvgIpc) is 2.25. The summed E-state index contributed by atoms with van der Waals surface area (Å²) in [5.74, 6) is -0.840. The first kappa shape index (κ1) is 11.0. The van der Waals surface area contributed by atoms with Gasteiger partial charge in [-0.15, -0.1) is 0 Å². The number of methoxy groups -OCH3 is 1. The van der Waals surface area contributed by atoms with Gasteiger partial charge in [-0.25, -0.2) is 4.79 Å². The predicted molar refractivity (Wildman–Crippen MR) is 52.5 cm³/mol. The van der Waals surface area contributed by atoms with Crippen LogP contribution in [-0.2, 0) is 9.53 Å². The van der Waals surface area contributed by atoms with Crippen molar-refractivity contribution in [3.8, 4) is 5.75 Å². The summed E-state index contributed by atoms with van der Waals surface area (Å²) in [6, 6.07) is 6.46. The summed E-state index contributed by atoms with van der Waals surface area (Å²) in [5.41, 5.74) is 5.18. The average molecular weight is 209 g/mol. The lowest BCUT2D eigenvalue weighted by Gasteiger charge is -2.07. The molecule has 0 radical (unpaired) electrons. The second-order valence-corrected chi connectivity index (χ2v) is 2.74. The van der Waals surface area contributed by atoms with Gasteiger partial charge in [0.15, 0.2) is 6.61 Å². The van der Waals surface area contributed by atoms with E-state index in [1.165, 1.54) is 7.11 Å². The molecule has 0 aliphatic carbocycles. The van der Waals surface area contributed by atoms with Crippen LogP contribution in [0.25, 0.3) is 0 Å². The summed E-state index contributed by atoms with van der Waals surface area (Å²) in [6.07, 6.45) is 0. The maximum absolute atomic E-state index is 11.3. The van der Waals surface area contributed by atoms with Crippen molar-refractivity contribution in [2.24, 2.45) is 5.73 Å². The molecule has 0 unspecified atom stereocenters. The Kier molecular flexibility index (Phi) is 3.68. The predicted octanol–water partition coefficient (Wildman–Crippen LogP) is 0.337. The van der Waals surface area contributed by atoms with Gasteiger partial charge in [0.05, 0.1) is 7.11 Å². The molecule has 0 saturated heterocycles. The minimum absolute atomic E-state index is 0.265. The molecule has 0 aliphatic rings. The molecule has 0 atom stereocenters. The zero-order chi connectivity index (χ0) is 11.3. The number of carbonyl (C=O) groups is 2. The molecule has 0 aliphatic heterocycles. The molecular formula is C10H11NO4. The Labute approximate surface area is 86.8 Å². The van der Waals surface area contributed by atoms with Crippen LogP contribution in [0.1, 0.15) is 10.4 Å². The number of benzene rings is 1. The van der Waals surface area contributed by atoms with E-state index in [4.69, 9.17) is 10.5 Å². The Morgan fingerprint density at radius 3 is 2.60 bits per heavy atom. The third-order valence-electron chi connectivity index (χ3n) is 1.66. The Hall–Kier alpha value is -2.04. The summed E-state index contributed by atoms with van der Waals surface area (Å²) < 4.78 is 9.59. The van der Waals surface area contributed by atoms with Crippen LogP contribution in [0.4, 0.5) is 0 Å². The van der Waals surface area contributed by atoms with E-state index in [1.54, 1.807) is 24.3 Å². The van der Waals surface area contributed by atoms with E-state index in [-0.39, 0.29) is 17.9 Å². The van der Waals surface area contributed by atoms with Crippen LogP contribution in [0.15, 0.2) is 24.3 Å². The second kappa shape index (κ2) is 4.99. The Morgan fingerprint density at radius 2 is 2.00 bits per heavy atom. The number of para-hydroxylation sites is 1. The van der Waals surface area contributed by atoms with Gasteiger partial charge in [-0.1, -0.05) is 12.1 Å². The minimum Gasteiger partial charge on any atom is -0.483 e. The maximum Gasteiger partial charge on any atom is 0.341 e. The van der Waals surface area contributed by atoms with Gasteiger partial charge < -0.3 is 15.2 Å². The fraction of sp³-hybridized carbons (Fsp3) is 0.200. The molecule has 1 aromatic carbocycles. The first-order valence-electron chi connectivity index (χ1n) is 4.23. The highest BCUT2D eigenvalue weighted by Gasteiger charge is 2.12. The first-order valence-corrected chi connectivity index (χ1v) is 4.23. The fourth-order valence-electron chi connectivity index (χ4n) is 1.02. The molecular weight excluding hydrogens is 198 g/mol. The smallest absolute Gasteiger partial charge is 0.341 e. The number of amides is 1. The van der Waals surface area contributed by atoms with E-state index in [9.17, 15) is 9.59 Å². The molecule has 5 heteroatoms. The SMILES string of the molecule is COC(=O)c1ccccc1OCC(N)=O. The van der Waals surface area contributed by atoms with E-state index in [2.05, 4.69) is 4.74 Å². The lowest BCUT2D eigenvalue weighted by molar-refractivity contribution is -0.119. The molecule has 1 aromatic rings. The Balaban J connectivity index is 2.86. The van der Waals surface area contributed by atoms with Gasteiger partial charge in [-0.05, 0) is 12.1 Å². The van der Waals surface area contributed by atoms with Crippen molar-refractivity contribution in [1.82, 2.24) is 0 Å². The van der Waals surface area contributed by atoms with E-state index < -0.39 is 11.9 Å². The quantitative estimate of drug-likeness (QED) is 0.725. The van der Waals surface area contributed by atoms with Crippen molar-refractivity contribution in [1.29, 1.82) is 0 Å². The van der Waals surface area contributed by atoms with Gasteiger partial charge in [-0.2, -0.15) is 0 Å². The normalized spacial score (nSPS) is 9.40. The van der Waals surface area contributed by atoms with Crippen molar-refractivity contribution in [2.45, 2.75) is 0 Å². The molecule has 2 N–H and O–H groups in total. The largest absolute Gasteiger partial charge is 0.483 e. The van der Waals surface area contributed by atoms with Crippen LogP contribution in [0.2, 0.25) is 0 Å². The van der Waals surface area contributed by atoms with Gasteiger partial charge >= 0.3 is 5.97 Å². The summed E-state index contributed by atoms with van der Waals surface area (Å²) >= 11 is 0. The van der Waals surface area contributed by atoms with Crippen molar-refractivity contribution >= 4 is 11.9 Å². The van der Waals surface area contributed by atoms with Crippen LogP contribution in [-0.4, -0.2) is 25.6 Å². The number of nitrogens with two attached hydrogens (primary N) is 1. The van der Waals surface area contributed by atoms with Gasteiger partial charge in [0.1, 0.15) is 11.3 Å². The van der Waals surface area contributed by atoms with Crippen LogP contribution < -0.4 is 10.5 Å². The molecule has 0 spiro atoms. The highest BCUT2D eigenvalue weighted by molar-refractivity contribution is 5.92. The summed E-state index contributed by atoms with van der Waals surface area (Å²) in [4.78, 5) is 21.8. The third-order valence-corrected chi connectivity index (χ3v) is 1.66. The molecule has 0 aromatic heterocycles. The maximum atomic E-state index is 11.3. The fourth-order valence-corrected chi connectivity index (χ4v) is 1.02. The van der Waals surface area contributed by atoms with Gasteiger partial charge in [-0.3, -0.25) is 4.79 Å². The van der Waals surface area contributed by atoms with Crippen molar-refractivity contribution in [3.63, 3.8) is 0 Å². The highest BCUT2D eigenvalue weighted by atomic mass is 16.5. The number of hydrogen-bond donors (Lipinski definition) is 1. The molecule has 0 saturated carbocycles. The van der Waals surface area contributed by atoms with Crippen LogP contribution in [0.5, 0.6) is 5.75 Å². The number of hydrogen-bond acceptors (Lipinski definition) is 4. The van der Waals surface area contributed by atoms with E-state index >= 15 is 0 Å². The topological polar surface area (TPSA) is 78.6 Å². The third kappa shape index (κ3) is 2.98. The molecule has 1 amide bonds. The summed E-state index contributed by atoms with van der Waals surface area (Å²) in [7, 11) is 1.27. The number of primary amides is 1. The van der Waals surface area contributed by atoms with Crippen molar-refractivity contribution in [2.75, 3.05) is 13.7 Å². The van der Waals surface area contributed by atoms with E-state index in [1.807, 2.05) is 0 Å². The van der Waals surface area contributed by atoms with Gasteiger partial charge in [0, 0.05) is 0 Å². The molecule has 0 heterocycles. The molecule has 0 bridgehead atoms. The van der Waals surface area contributed by atoms with Crippen LogP contribution in [0.3, 0.4) is 0 Å². The van der Waals surface area contributed by atoms with Gasteiger partial charge in [0.25, 0.3) is 5.91 Å². The lowest BCUT2D eigenvalue weighted by atomic mass is 10.2. The Morgan fingerprint density at radius 1 is 1.33 bits per heavy atom. The monoisotopic (exact) mass is 209 g/mol. The molecule has 15 heavy (non-hydrogen) atoms. The zero-order valence-electron chi connectivity index (χ0n) is 8.23. The summed E-state index contributed by atoms with van der Waals surface area (Å²) in [6.45, 7) is -0.270. The zero-order valence-corrected chi connectivity index (χ0v) is 8.23. The second-order valence-electron chi connectivity index (χ2n) is 2.74. The number of esters is 1. The van der Waals surface area contributed by atoms with Crippen LogP contribution in [0, 0.1) is 0 Å². The molecule has 1 rings (SSSR count). The van der Waals surface area contributed by atoms with Crippen molar-refractivity contribution in [3.05, 3.63) is 29.8 Å². The standard InChI is InChI=1S/C10H11NO4/c1-14-10(13)7-4-2-3-5-8(7)15-6-9(11)12/h2-5H,6H2,1H3,(H2,11,12). The number of ether oxygens (including phenoxy) is 2. The number of carbonyl (C=O) groups excluding carboxylic acids is 2. The highest BCUT2D eigenvalue weighted by Crippen LogP contribution is 2.18.